The van der Waals surface area contributed by atoms with Gasteiger partial charge in [-0.15, -0.1) is 0 Å². The largest absolute Gasteiger partial charge is 0.394 e. The summed E-state index contributed by atoms with van der Waals surface area (Å²) in [5.74, 6) is 0. The second-order valence-corrected chi connectivity index (χ2v) is 9.20. The van der Waals surface area contributed by atoms with Crippen molar-refractivity contribution in [1.29, 1.82) is 0 Å². The molecule has 11 heteroatoms. The number of hydrogen-bond acceptors (Lipinski definition) is 11. The lowest BCUT2D eigenvalue weighted by molar-refractivity contribution is -0.359. The Balaban J connectivity index is 1.78. The highest BCUT2D eigenvalue weighted by molar-refractivity contribution is 4.94. The SMILES string of the molecule is CCCCCCCCCCCO[C@@H]1O[C@H](CO)[C@@H](OC2OC(CO)[C@@H](O)[C@H](O)[C@H]2O)[C@H](O)C1O. The molecule has 3 unspecified atom stereocenters. The van der Waals surface area contributed by atoms with E-state index in [1.54, 1.807) is 0 Å². The molecule has 0 bridgehead atoms. The highest BCUT2D eigenvalue weighted by atomic mass is 16.7. The normalized spacial score (nSPS) is 38.8. The minimum atomic E-state index is -1.69. The molecule has 202 valence electrons. The molecule has 7 N–H and O–H groups in total. The van der Waals surface area contributed by atoms with Crippen LogP contribution in [0.15, 0.2) is 0 Å². The summed E-state index contributed by atoms with van der Waals surface area (Å²) in [6.07, 6.45) is -3.99. The molecule has 2 aliphatic heterocycles. The van der Waals surface area contributed by atoms with Crippen LogP contribution >= 0.6 is 0 Å². The second kappa shape index (κ2) is 15.6. The van der Waals surface area contributed by atoms with Gasteiger partial charge in [-0.2, -0.15) is 0 Å². The predicted molar refractivity (Wildman–Crippen MR) is 120 cm³/mol. The van der Waals surface area contributed by atoms with E-state index in [0.717, 1.165) is 19.3 Å². The van der Waals surface area contributed by atoms with Crippen molar-refractivity contribution < 1.29 is 54.7 Å². The van der Waals surface area contributed by atoms with Crippen LogP contribution < -0.4 is 0 Å². The maximum Gasteiger partial charge on any atom is 0.187 e. The van der Waals surface area contributed by atoms with Crippen LogP contribution in [0.3, 0.4) is 0 Å². The van der Waals surface area contributed by atoms with Gasteiger partial charge in [0.05, 0.1) is 13.2 Å². The summed E-state index contributed by atoms with van der Waals surface area (Å²) >= 11 is 0. The lowest BCUT2D eigenvalue weighted by atomic mass is 9.97. The summed E-state index contributed by atoms with van der Waals surface area (Å²) in [6, 6.07) is 0. The van der Waals surface area contributed by atoms with Gasteiger partial charge in [0.2, 0.25) is 0 Å². The van der Waals surface area contributed by atoms with Crippen LogP contribution in [-0.2, 0) is 18.9 Å². The fraction of sp³-hybridized carbons (Fsp3) is 1.00. The van der Waals surface area contributed by atoms with E-state index in [-0.39, 0.29) is 0 Å². The third-order valence-corrected chi connectivity index (χ3v) is 6.49. The first-order chi connectivity index (χ1) is 16.3. The number of unbranched alkanes of at least 4 members (excludes halogenated alkanes) is 8. The predicted octanol–water partition coefficient (Wildman–Crippen LogP) is -0.842. The molecule has 0 aromatic rings. The number of aliphatic hydroxyl groups excluding tert-OH is 7. The van der Waals surface area contributed by atoms with Crippen LogP contribution in [0.25, 0.3) is 0 Å². The summed E-state index contributed by atoms with van der Waals surface area (Å²) in [5.41, 5.74) is 0. The molecule has 0 radical (unpaired) electrons. The zero-order valence-corrected chi connectivity index (χ0v) is 20.0. The fourth-order valence-electron chi connectivity index (χ4n) is 4.31. The molecular weight excluding hydrogens is 452 g/mol. The summed E-state index contributed by atoms with van der Waals surface area (Å²) in [6.45, 7) is 1.29. The van der Waals surface area contributed by atoms with Crippen molar-refractivity contribution >= 4 is 0 Å². The van der Waals surface area contributed by atoms with Crippen LogP contribution in [0, 0.1) is 0 Å². The van der Waals surface area contributed by atoms with Gasteiger partial charge in [-0.25, -0.2) is 0 Å². The molecule has 34 heavy (non-hydrogen) atoms. The van der Waals surface area contributed by atoms with Gasteiger partial charge in [0.1, 0.15) is 48.8 Å². The van der Waals surface area contributed by atoms with Crippen molar-refractivity contribution in [2.75, 3.05) is 19.8 Å². The highest BCUT2D eigenvalue weighted by Gasteiger charge is 2.50. The van der Waals surface area contributed by atoms with E-state index in [9.17, 15) is 35.7 Å². The van der Waals surface area contributed by atoms with E-state index in [1.165, 1.54) is 38.5 Å². The van der Waals surface area contributed by atoms with E-state index < -0.39 is 74.6 Å². The fourth-order valence-corrected chi connectivity index (χ4v) is 4.31. The lowest BCUT2D eigenvalue weighted by Gasteiger charge is -2.45. The summed E-state index contributed by atoms with van der Waals surface area (Å²) in [5, 5.41) is 70.0. The third kappa shape index (κ3) is 8.31. The van der Waals surface area contributed by atoms with Crippen LogP contribution in [0.2, 0.25) is 0 Å². The van der Waals surface area contributed by atoms with Crippen molar-refractivity contribution in [2.24, 2.45) is 0 Å². The molecule has 2 aliphatic rings. The number of hydrogen-bond donors (Lipinski definition) is 7. The summed E-state index contributed by atoms with van der Waals surface area (Å²) < 4.78 is 22.0. The quantitative estimate of drug-likeness (QED) is 0.141. The molecule has 0 aliphatic carbocycles. The summed E-state index contributed by atoms with van der Waals surface area (Å²) in [7, 11) is 0. The van der Waals surface area contributed by atoms with Gasteiger partial charge >= 0.3 is 0 Å². The highest BCUT2D eigenvalue weighted by Crippen LogP contribution is 2.29. The number of rotatable bonds is 15. The van der Waals surface area contributed by atoms with Gasteiger partial charge in [0.15, 0.2) is 12.6 Å². The van der Waals surface area contributed by atoms with E-state index in [2.05, 4.69) is 6.92 Å². The minimum absolute atomic E-state index is 0.320. The lowest BCUT2D eigenvalue weighted by Crippen LogP contribution is -2.64. The Labute approximate surface area is 201 Å². The van der Waals surface area contributed by atoms with Crippen LogP contribution in [0.1, 0.15) is 64.7 Å². The first-order valence-electron chi connectivity index (χ1n) is 12.6. The first-order valence-corrected chi connectivity index (χ1v) is 12.6. The Kier molecular flexibility index (Phi) is 13.7. The second-order valence-electron chi connectivity index (χ2n) is 9.20. The Morgan fingerprint density at radius 2 is 1.12 bits per heavy atom. The summed E-state index contributed by atoms with van der Waals surface area (Å²) in [4.78, 5) is 0. The van der Waals surface area contributed by atoms with Gasteiger partial charge in [-0.3, -0.25) is 0 Å². The van der Waals surface area contributed by atoms with E-state index in [0.29, 0.717) is 6.61 Å². The molecule has 0 amide bonds. The van der Waals surface area contributed by atoms with E-state index in [4.69, 9.17) is 18.9 Å². The van der Waals surface area contributed by atoms with E-state index >= 15 is 0 Å². The smallest absolute Gasteiger partial charge is 0.187 e. The van der Waals surface area contributed by atoms with Crippen molar-refractivity contribution in [3.8, 4) is 0 Å². The molecule has 11 nitrogen and oxygen atoms in total. The average Bonchev–Trinajstić information content (AvgIpc) is 2.84. The van der Waals surface area contributed by atoms with Gasteiger partial charge in [0, 0.05) is 6.61 Å². The molecular formula is C23H44O11. The Bertz CT molecular complexity index is 535. The minimum Gasteiger partial charge on any atom is -0.394 e. The van der Waals surface area contributed by atoms with Crippen LogP contribution in [0.4, 0.5) is 0 Å². The van der Waals surface area contributed by atoms with Crippen molar-refractivity contribution in [1.82, 2.24) is 0 Å². The standard InChI is InChI=1S/C23H44O11/c1-2-3-4-5-6-7-8-9-10-11-31-22-20(30)18(28)21(15(13-25)33-22)34-23-19(29)17(27)16(26)14(12-24)32-23/h14-30H,2-13H2,1H3/t14?,15-,16-,17+,18-,19-,20?,21-,22-,23?/m1/s1. The molecule has 0 spiro atoms. The maximum atomic E-state index is 10.6. The number of aliphatic hydroxyl groups is 7. The monoisotopic (exact) mass is 496 g/mol. The topological polar surface area (TPSA) is 179 Å². The van der Waals surface area contributed by atoms with Gasteiger partial charge in [0.25, 0.3) is 0 Å². The van der Waals surface area contributed by atoms with Crippen LogP contribution in [-0.4, -0.2) is 117 Å². The van der Waals surface area contributed by atoms with Gasteiger partial charge in [-0.1, -0.05) is 58.3 Å². The van der Waals surface area contributed by atoms with Crippen molar-refractivity contribution in [3.05, 3.63) is 0 Å². The molecule has 0 saturated carbocycles. The van der Waals surface area contributed by atoms with E-state index in [1.807, 2.05) is 0 Å². The van der Waals surface area contributed by atoms with Gasteiger partial charge in [-0.05, 0) is 6.42 Å². The molecule has 2 saturated heterocycles. The molecule has 0 aromatic carbocycles. The Hall–Kier alpha value is -0.440. The molecule has 0 aromatic heterocycles. The Morgan fingerprint density at radius 1 is 0.588 bits per heavy atom. The third-order valence-electron chi connectivity index (χ3n) is 6.49. The zero-order chi connectivity index (χ0) is 25.1. The first kappa shape index (κ1) is 29.8. The Morgan fingerprint density at radius 3 is 1.71 bits per heavy atom. The molecule has 2 heterocycles. The molecule has 2 fully saturated rings. The van der Waals surface area contributed by atoms with Crippen LogP contribution in [0.5, 0.6) is 0 Å². The molecule has 2 rings (SSSR count). The van der Waals surface area contributed by atoms with Gasteiger partial charge < -0.3 is 54.7 Å². The van der Waals surface area contributed by atoms with Crippen molar-refractivity contribution in [2.45, 2.75) is 126 Å². The zero-order valence-electron chi connectivity index (χ0n) is 20.0. The molecule has 10 atom stereocenters. The number of ether oxygens (including phenoxy) is 4. The van der Waals surface area contributed by atoms with Crippen molar-refractivity contribution in [3.63, 3.8) is 0 Å². The average molecular weight is 497 g/mol. The maximum absolute atomic E-state index is 10.6.